The molecule has 0 amide bonds. The first-order valence-corrected chi connectivity index (χ1v) is 7.33. The molecule has 120 valence electrons. The molecule has 2 aromatic heterocycles. The molecule has 0 saturated heterocycles. The highest BCUT2D eigenvalue weighted by atomic mass is 35.5. The molecule has 0 fully saturated rings. The molecule has 0 radical (unpaired) electrons. The number of rotatable bonds is 7. The van der Waals surface area contributed by atoms with Crippen LogP contribution in [-0.2, 0) is 0 Å². The molecule has 22 heavy (non-hydrogen) atoms. The van der Waals surface area contributed by atoms with Gasteiger partial charge in [-0.3, -0.25) is 0 Å². The molecule has 0 bridgehead atoms. The molecule has 8 heteroatoms. The summed E-state index contributed by atoms with van der Waals surface area (Å²) in [6, 6.07) is 2.99. The Balaban J connectivity index is 2.26. The van der Waals surface area contributed by atoms with Crippen molar-refractivity contribution >= 4 is 17.3 Å². The van der Waals surface area contributed by atoms with E-state index in [0.717, 1.165) is 12.8 Å². The van der Waals surface area contributed by atoms with E-state index in [1.54, 1.807) is 0 Å². The molecule has 0 spiro atoms. The Morgan fingerprint density at radius 3 is 2.86 bits per heavy atom. The third-order valence-electron chi connectivity index (χ3n) is 3.11. The normalized spacial score (nSPS) is 12.6. The number of hydrogen-bond acceptors (Lipinski definition) is 4. The first kappa shape index (κ1) is 16.6. The Morgan fingerprint density at radius 1 is 1.45 bits per heavy atom. The smallest absolute Gasteiger partial charge is 0.333 e. The van der Waals surface area contributed by atoms with Crippen molar-refractivity contribution in [2.45, 2.75) is 39.0 Å². The Labute approximate surface area is 131 Å². The zero-order valence-corrected chi connectivity index (χ0v) is 12.8. The number of aromatic nitrogens is 3. The van der Waals surface area contributed by atoms with Gasteiger partial charge in [0.2, 0.25) is 0 Å². The van der Waals surface area contributed by atoms with E-state index in [1.807, 2.05) is 6.92 Å². The van der Waals surface area contributed by atoms with Gasteiger partial charge in [0.15, 0.2) is 0 Å². The molecule has 0 aliphatic heterocycles. The summed E-state index contributed by atoms with van der Waals surface area (Å²) in [7, 11) is 0. The average molecular weight is 331 g/mol. The fraction of sp³-hybridized carbons (Fsp3) is 0.429. The third kappa shape index (κ3) is 4.14. The number of aliphatic hydroxyl groups is 1. The van der Waals surface area contributed by atoms with Crippen LogP contribution in [0, 0.1) is 0 Å². The molecule has 0 aliphatic carbocycles. The second-order valence-corrected chi connectivity index (χ2v) is 5.20. The number of hydrogen-bond donors (Lipinski definition) is 2. The summed E-state index contributed by atoms with van der Waals surface area (Å²) < 4.78 is 25.8. The lowest BCUT2D eigenvalue weighted by atomic mass is 10.1. The third-order valence-corrected chi connectivity index (χ3v) is 3.31. The highest BCUT2D eigenvalue weighted by Gasteiger charge is 2.14. The van der Waals surface area contributed by atoms with Crippen molar-refractivity contribution in [3.63, 3.8) is 0 Å². The predicted octanol–water partition coefficient (Wildman–Crippen LogP) is 3.91. The summed E-state index contributed by atoms with van der Waals surface area (Å²) in [4.78, 5) is 3.95. The summed E-state index contributed by atoms with van der Waals surface area (Å²) in [6.07, 6.45) is 4.27. The van der Waals surface area contributed by atoms with Crippen LogP contribution < -0.4 is 5.32 Å². The summed E-state index contributed by atoms with van der Waals surface area (Å²) in [5.74, 6) is 0. The molecule has 2 N–H and O–H groups in total. The van der Waals surface area contributed by atoms with Gasteiger partial charge in [0.05, 0.1) is 11.4 Å². The lowest BCUT2D eigenvalue weighted by molar-refractivity contribution is 0.0568. The SMILES string of the molecule is CCCCC(O)Nc1cc(Cl)ncc1-c1ccn(C(F)F)n1. The first-order chi connectivity index (χ1) is 10.5. The molecule has 5 nitrogen and oxygen atoms in total. The van der Waals surface area contributed by atoms with Crippen LogP contribution in [0.5, 0.6) is 0 Å². The molecule has 2 rings (SSSR count). The van der Waals surface area contributed by atoms with Crippen LogP contribution in [0.2, 0.25) is 5.15 Å². The van der Waals surface area contributed by atoms with Crippen LogP contribution in [-0.4, -0.2) is 26.1 Å². The summed E-state index contributed by atoms with van der Waals surface area (Å²) in [6.45, 7) is -0.682. The van der Waals surface area contributed by atoms with Crippen molar-refractivity contribution in [1.82, 2.24) is 14.8 Å². The second kappa shape index (κ2) is 7.51. The summed E-state index contributed by atoms with van der Waals surface area (Å²) in [5, 5.41) is 16.9. The fourth-order valence-electron chi connectivity index (χ4n) is 1.99. The number of anilines is 1. The molecule has 0 aromatic carbocycles. The molecule has 0 aliphatic rings. The van der Waals surface area contributed by atoms with Gasteiger partial charge in [0, 0.05) is 18.0 Å². The number of pyridine rings is 1. The van der Waals surface area contributed by atoms with Gasteiger partial charge in [-0.05, 0) is 25.0 Å². The zero-order valence-electron chi connectivity index (χ0n) is 12.0. The molecule has 1 atom stereocenters. The topological polar surface area (TPSA) is 63.0 Å². The number of unbranched alkanes of at least 4 members (excludes halogenated alkanes) is 1. The number of halogens is 3. The molecule has 0 saturated carbocycles. The van der Waals surface area contributed by atoms with Gasteiger partial charge in [0.25, 0.3) is 0 Å². The van der Waals surface area contributed by atoms with Crippen LogP contribution in [0.3, 0.4) is 0 Å². The van der Waals surface area contributed by atoms with Gasteiger partial charge in [-0.2, -0.15) is 13.9 Å². The standard InChI is InChI=1S/C14H17ClF2N4O/c1-2-3-4-13(22)19-11-7-12(15)18-8-9(11)10-5-6-21(20-10)14(16)17/h5-8,13-14,22H,2-4H2,1H3,(H,18,19). The molecule has 2 aromatic rings. The molecular formula is C14H17ClF2N4O. The van der Waals surface area contributed by atoms with E-state index in [0.29, 0.717) is 28.0 Å². The van der Waals surface area contributed by atoms with Gasteiger partial charge in [-0.15, -0.1) is 0 Å². The van der Waals surface area contributed by atoms with Crippen molar-refractivity contribution in [3.8, 4) is 11.3 Å². The average Bonchev–Trinajstić information content (AvgIpc) is 2.95. The maximum absolute atomic E-state index is 12.6. The van der Waals surface area contributed by atoms with Crippen molar-refractivity contribution in [2.24, 2.45) is 0 Å². The van der Waals surface area contributed by atoms with Crippen LogP contribution >= 0.6 is 11.6 Å². The number of aliphatic hydroxyl groups excluding tert-OH is 1. The maximum Gasteiger partial charge on any atom is 0.333 e. The number of nitrogens with one attached hydrogen (secondary N) is 1. The molecule has 2 heterocycles. The van der Waals surface area contributed by atoms with Crippen LogP contribution in [0.25, 0.3) is 11.3 Å². The minimum Gasteiger partial charge on any atom is -0.374 e. The van der Waals surface area contributed by atoms with Crippen molar-refractivity contribution in [2.75, 3.05) is 5.32 Å². The van der Waals surface area contributed by atoms with Gasteiger partial charge in [-0.1, -0.05) is 24.9 Å². The quantitative estimate of drug-likeness (QED) is 0.596. The van der Waals surface area contributed by atoms with Crippen molar-refractivity contribution in [3.05, 3.63) is 29.7 Å². The minimum absolute atomic E-state index is 0.238. The van der Waals surface area contributed by atoms with E-state index in [4.69, 9.17) is 11.6 Å². The van der Waals surface area contributed by atoms with Crippen LogP contribution in [0.15, 0.2) is 24.5 Å². The lowest BCUT2D eigenvalue weighted by Crippen LogP contribution is -2.19. The van der Waals surface area contributed by atoms with Crippen molar-refractivity contribution in [1.29, 1.82) is 0 Å². The Kier molecular flexibility index (Phi) is 5.68. The largest absolute Gasteiger partial charge is 0.374 e. The maximum atomic E-state index is 12.6. The molecular weight excluding hydrogens is 314 g/mol. The van der Waals surface area contributed by atoms with Crippen LogP contribution in [0.4, 0.5) is 14.5 Å². The fourth-order valence-corrected chi connectivity index (χ4v) is 2.15. The Morgan fingerprint density at radius 2 is 2.23 bits per heavy atom. The Bertz CT molecular complexity index is 621. The minimum atomic E-state index is -2.71. The highest BCUT2D eigenvalue weighted by Crippen LogP contribution is 2.29. The van der Waals surface area contributed by atoms with E-state index in [9.17, 15) is 13.9 Å². The van der Waals surface area contributed by atoms with Crippen LogP contribution in [0.1, 0.15) is 32.7 Å². The van der Waals surface area contributed by atoms with E-state index >= 15 is 0 Å². The van der Waals surface area contributed by atoms with Crippen molar-refractivity contribution < 1.29 is 13.9 Å². The summed E-state index contributed by atoms with van der Waals surface area (Å²) in [5.41, 5.74) is 1.33. The Hall–Kier alpha value is -1.73. The van der Waals surface area contributed by atoms with Gasteiger partial charge in [0.1, 0.15) is 11.4 Å². The summed E-state index contributed by atoms with van der Waals surface area (Å²) >= 11 is 5.87. The van der Waals surface area contributed by atoms with E-state index < -0.39 is 12.8 Å². The van der Waals surface area contributed by atoms with Gasteiger partial charge >= 0.3 is 6.55 Å². The monoisotopic (exact) mass is 330 g/mol. The molecule has 1 unspecified atom stereocenters. The van der Waals surface area contributed by atoms with E-state index in [2.05, 4.69) is 15.4 Å². The second-order valence-electron chi connectivity index (χ2n) is 4.81. The highest BCUT2D eigenvalue weighted by molar-refractivity contribution is 6.29. The van der Waals surface area contributed by atoms with Gasteiger partial charge < -0.3 is 10.4 Å². The zero-order chi connectivity index (χ0) is 16.1. The number of alkyl halides is 2. The van der Waals surface area contributed by atoms with E-state index in [1.165, 1.54) is 24.5 Å². The lowest BCUT2D eigenvalue weighted by Gasteiger charge is -2.16. The number of nitrogens with zero attached hydrogens (tertiary/aromatic N) is 3. The first-order valence-electron chi connectivity index (χ1n) is 6.95. The van der Waals surface area contributed by atoms with Gasteiger partial charge in [-0.25, -0.2) is 9.67 Å². The van der Waals surface area contributed by atoms with E-state index in [-0.39, 0.29) is 5.15 Å². The predicted molar refractivity (Wildman–Crippen MR) is 80.9 cm³/mol.